The van der Waals surface area contributed by atoms with Crippen molar-refractivity contribution in [1.29, 1.82) is 0 Å². The molecule has 29 heavy (non-hydrogen) atoms. The van der Waals surface area contributed by atoms with Gasteiger partial charge in [0.05, 0.1) is 19.1 Å². The number of carbonyl (C=O) groups is 1. The Morgan fingerprint density at radius 3 is 2.66 bits per heavy atom. The van der Waals surface area contributed by atoms with Crippen molar-refractivity contribution in [3.8, 4) is 23.0 Å². The van der Waals surface area contributed by atoms with Crippen LogP contribution in [0, 0.1) is 10.1 Å². The van der Waals surface area contributed by atoms with E-state index < -0.39 is 10.8 Å². The maximum absolute atomic E-state index is 12.0. The van der Waals surface area contributed by atoms with Gasteiger partial charge in [0, 0.05) is 23.8 Å². The Balaban J connectivity index is 1.69. The first kappa shape index (κ1) is 19.5. The Morgan fingerprint density at radius 1 is 1.14 bits per heavy atom. The van der Waals surface area contributed by atoms with Gasteiger partial charge in [0.1, 0.15) is 0 Å². The van der Waals surface area contributed by atoms with Crippen LogP contribution in [0.15, 0.2) is 53.0 Å². The van der Waals surface area contributed by atoms with Crippen LogP contribution < -0.4 is 14.8 Å². The van der Waals surface area contributed by atoms with E-state index in [-0.39, 0.29) is 17.6 Å². The molecule has 3 rings (SSSR count). The van der Waals surface area contributed by atoms with Gasteiger partial charge in [-0.3, -0.25) is 20.2 Å². The van der Waals surface area contributed by atoms with Crippen LogP contribution in [-0.2, 0) is 4.79 Å². The van der Waals surface area contributed by atoms with E-state index in [1.807, 2.05) is 0 Å². The van der Waals surface area contributed by atoms with E-state index in [1.54, 1.807) is 24.3 Å². The number of nitrogens with zero attached hydrogens (tertiary/aromatic N) is 3. The molecule has 2 aromatic carbocycles. The lowest BCUT2D eigenvalue weighted by Gasteiger charge is -2.07. The first-order valence-electron chi connectivity index (χ1n) is 8.29. The van der Waals surface area contributed by atoms with E-state index in [9.17, 15) is 14.9 Å². The molecule has 148 valence electrons. The van der Waals surface area contributed by atoms with Gasteiger partial charge in [0.15, 0.2) is 11.5 Å². The molecule has 1 N–H and O–H groups in total. The molecule has 0 bridgehead atoms. The first-order chi connectivity index (χ1) is 14.0. The summed E-state index contributed by atoms with van der Waals surface area (Å²) in [5, 5.41) is 20.9. The van der Waals surface area contributed by atoms with Gasteiger partial charge < -0.3 is 13.9 Å². The number of hydrogen-bond donors (Lipinski definition) is 1. The molecule has 0 atom stereocenters. The molecule has 3 aromatic rings. The number of hydrogen-bond acceptors (Lipinski definition) is 8. The lowest BCUT2D eigenvalue weighted by atomic mass is 10.2. The van der Waals surface area contributed by atoms with Crippen LogP contribution in [0.25, 0.3) is 17.5 Å². The van der Waals surface area contributed by atoms with Crippen molar-refractivity contribution in [3.05, 3.63) is 64.2 Å². The standard InChI is InChI=1S/C19H16N4O6/c1-27-15-8-7-13(11-16(15)28-2)18-21-22-19(29-18)20-17(24)9-6-12-4-3-5-14(10-12)23(25)26/h3-11H,1-2H3,(H,20,22,24)/b9-6+. The number of non-ortho nitro benzene ring substituents is 1. The molecule has 0 unspecified atom stereocenters. The summed E-state index contributed by atoms with van der Waals surface area (Å²) in [5.74, 6) is 0.701. The van der Waals surface area contributed by atoms with E-state index in [4.69, 9.17) is 13.9 Å². The predicted octanol–water partition coefficient (Wildman–Crippen LogP) is 3.31. The van der Waals surface area contributed by atoms with Crippen LogP contribution >= 0.6 is 0 Å². The number of methoxy groups -OCH3 is 2. The molecule has 10 nitrogen and oxygen atoms in total. The van der Waals surface area contributed by atoms with E-state index in [1.165, 1.54) is 44.6 Å². The summed E-state index contributed by atoms with van der Waals surface area (Å²) in [4.78, 5) is 22.3. The highest BCUT2D eigenvalue weighted by molar-refractivity contribution is 6.00. The number of benzene rings is 2. The van der Waals surface area contributed by atoms with Crippen LogP contribution in [0.1, 0.15) is 5.56 Å². The zero-order chi connectivity index (χ0) is 20.8. The van der Waals surface area contributed by atoms with E-state index in [0.29, 0.717) is 22.6 Å². The first-order valence-corrected chi connectivity index (χ1v) is 8.29. The highest BCUT2D eigenvalue weighted by atomic mass is 16.6. The quantitative estimate of drug-likeness (QED) is 0.366. The van der Waals surface area contributed by atoms with Crippen molar-refractivity contribution in [2.24, 2.45) is 0 Å². The zero-order valence-electron chi connectivity index (χ0n) is 15.5. The fourth-order valence-electron chi connectivity index (χ4n) is 2.42. The molecule has 0 aliphatic carbocycles. The molecule has 0 aliphatic rings. The summed E-state index contributed by atoms with van der Waals surface area (Å²) in [6.45, 7) is 0. The molecule has 0 saturated carbocycles. The molecular weight excluding hydrogens is 380 g/mol. The second kappa shape index (κ2) is 8.65. The third-order valence-corrected chi connectivity index (χ3v) is 3.79. The van der Waals surface area contributed by atoms with Crippen LogP contribution in [0.5, 0.6) is 11.5 Å². The molecule has 0 spiro atoms. The fourth-order valence-corrected chi connectivity index (χ4v) is 2.42. The Hall–Kier alpha value is -4.21. The van der Waals surface area contributed by atoms with Gasteiger partial charge in [-0.2, -0.15) is 0 Å². The largest absolute Gasteiger partial charge is 0.493 e. The minimum absolute atomic E-state index is 0.0657. The molecule has 1 amide bonds. The summed E-state index contributed by atoms with van der Waals surface area (Å²) < 4.78 is 15.8. The predicted molar refractivity (Wildman–Crippen MR) is 104 cm³/mol. The highest BCUT2D eigenvalue weighted by Gasteiger charge is 2.13. The molecule has 10 heteroatoms. The number of nitrogens with one attached hydrogen (secondary N) is 1. The van der Waals surface area contributed by atoms with Gasteiger partial charge in [0.2, 0.25) is 5.89 Å². The number of carbonyl (C=O) groups excluding carboxylic acids is 1. The Kier molecular flexibility index (Phi) is 5.83. The van der Waals surface area contributed by atoms with E-state index in [2.05, 4.69) is 15.5 Å². The van der Waals surface area contributed by atoms with Gasteiger partial charge >= 0.3 is 6.01 Å². The molecule has 0 saturated heterocycles. The number of nitro groups is 1. The topological polar surface area (TPSA) is 130 Å². The van der Waals surface area contributed by atoms with E-state index in [0.717, 1.165) is 0 Å². The normalized spacial score (nSPS) is 10.7. The Morgan fingerprint density at radius 2 is 1.93 bits per heavy atom. The zero-order valence-corrected chi connectivity index (χ0v) is 15.5. The van der Waals surface area contributed by atoms with Gasteiger partial charge in [-0.25, -0.2) is 0 Å². The summed E-state index contributed by atoms with van der Waals surface area (Å²) >= 11 is 0. The maximum Gasteiger partial charge on any atom is 0.322 e. The number of ether oxygens (including phenoxy) is 2. The Labute approximate surface area is 164 Å². The van der Waals surface area contributed by atoms with Crippen LogP contribution in [-0.4, -0.2) is 35.2 Å². The third kappa shape index (κ3) is 4.75. The SMILES string of the molecule is COc1ccc(-c2nnc(NC(=O)/C=C/c3cccc([N+](=O)[O-])c3)o2)cc1OC. The molecule has 1 heterocycles. The molecular formula is C19H16N4O6. The van der Waals surface area contributed by atoms with Crippen molar-refractivity contribution in [2.45, 2.75) is 0 Å². The average molecular weight is 396 g/mol. The van der Waals surface area contributed by atoms with Crippen molar-refractivity contribution in [1.82, 2.24) is 10.2 Å². The average Bonchev–Trinajstić information content (AvgIpc) is 3.20. The van der Waals surface area contributed by atoms with Gasteiger partial charge in [0.25, 0.3) is 11.6 Å². The van der Waals surface area contributed by atoms with Crippen LogP contribution in [0.4, 0.5) is 11.7 Å². The van der Waals surface area contributed by atoms with Crippen molar-refractivity contribution < 1.29 is 23.6 Å². The number of anilines is 1. The van der Waals surface area contributed by atoms with Crippen molar-refractivity contribution >= 4 is 23.7 Å². The minimum Gasteiger partial charge on any atom is -0.493 e. The second-order valence-corrected chi connectivity index (χ2v) is 5.66. The maximum atomic E-state index is 12.0. The molecule has 0 aliphatic heterocycles. The lowest BCUT2D eigenvalue weighted by molar-refractivity contribution is -0.384. The number of amides is 1. The monoisotopic (exact) mass is 396 g/mol. The fraction of sp³-hybridized carbons (Fsp3) is 0.105. The number of aromatic nitrogens is 2. The minimum atomic E-state index is -0.529. The molecule has 0 fully saturated rings. The third-order valence-electron chi connectivity index (χ3n) is 3.79. The molecule has 0 radical (unpaired) electrons. The molecule has 1 aromatic heterocycles. The second-order valence-electron chi connectivity index (χ2n) is 5.66. The lowest BCUT2D eigenvalue weighted by Crippen LogP contribution is -2.07. The van der Waals surface area contributed by atoms with Crippen molar-refractivity contribution in [2.75, 3.05) is 19.5 Å². The number of nitro benzene ring substituents is 1. The summed E-state index contributed by atoms with van der Waals surface area (Å²) in [5.41, 5.74) is 1.03. The van der Waals surface area contributed by atoms with Crippen LogP contribution in [0.2, 0.25) is 0 Å². The number of rotatable bonds is 7. The summed E-state index contributed by atoms with van der Waals surface area (Å²) in [6.07, 6.45) is 2.65. The van der Waals surface area contributed by atoms with Crippen molar-refractivity contribution in [3.63, 3.8) is 0 Å². The van der Waals surface area contributed by atoms with Gasteiger partial charge in [-0.1, -0.05) is 17.2 Å². The van der Waals surface area contributed by atoms with E-state index >= 15 is 0 Å². The van der Waals surface area contributed by atoms with Gasteiger partial charge in [-0.05, 0) is 29.8 Å². The summed E-state index contributed by atoms with van der Waals surface area (Å²) in [7, 11) is 3.04. The summed E-state index contributed by atoms with van der Waals surface area (Å²) in [6, 6.07) is 10.9. The van der Waals surface area contributed by atoms with Crippen LogP contribution in [0.3, 0.4) is 0 Å². The smallest absolute Gasteiger partial charge is 0.322 e. The van der Waals surface area contributed by atoms with Gasteiger partial charge in [-0.15, -0.1) is 5.10 Å². The highest BCUT2D eigenvalue weighted by Crippen LogP contribution is 2.32. The Bertz CT molecular complexity index is 1080.